The van der Waals surface area contributed by atoms with Gasteiger partial charge in [0.2, 0.25) is 11.8 Å². The van der Waals surface area contributed by atoms with Gasteiger partial charge in [0, 0.05) is 41.0 Å². The summed E-state index contributed by atoms with van der Waals surface area (Å²) in [5.74, 6) is 4.97. The molecule has 2 fully saturated rings. The minimum Gasteiger partial charge on any atom is -0.394 e. The molecule has 57 heavy (non-hydrogen) atoms. The van der Waals surface area contributed by atoms with Gasteiger partial charge in [0.05, 0.1) is 50.0 Å². The predicted octanol–water partition coefficient (Wildman–Crippen LogP) is -3.65. The molecule has 0 radical (unpaired) electrons. The van der Waals surface area contributed by atoms with Gasteiger partial charge in [0.15, 0.2) is 46.4 Å². The molecule has 2 saturated heterocycles. The smallest absolute Gasteiger partial charge is 0.238 e. The highest BCUT2D eigenvalue weighted by atomic mass is 16.6. The van der Waals surface area contributed by atoms with E-state index in [1.807, 2.05) is 28.2 Å². The topological polar surface area (TPSA) is 303 Å². The van der Waals surface area contributed by atoms with Crippen molar-refractivity contribution in [2.45, 2.75) is 80.3 Å². The average molecular weight is 793 g/mol. The molecule has 4 aromatic rings. The fourth-order valence-corrected chi connectivity index (χ4v) is 6.45. The van der Waals surface area contributed by atoms with Crippen LogP contribution >= 0.6 is 0 Å². The van der Waals surface area contributed by atoms with Crippen molar-refractivity contribution in [3.63, 3.8) is 0 Å². The molecule has 10 N–H and O–H groups in total. The summed E-state index contributed by atoms with van der Waals surface area (Å²) < 4.78 is 14.7. The monoisotopic (exact) mass is 792 g/mol. The Kier molecular flexibility index (Phi) is 13.9. The Morgan fingerprint density at radius 1 is 0.772 bits per heavy atom. The van der Waals surface area contributed by atoms with Crippen LogP contribution in [0.4, 0.5) is 11.6 Å². The molecule has 0 bridgehead atoms. The van der Waals surface area contributed by atoms with E-state index in [2.05, 4.69) is 52.4 Å². The molecule has 10 unspecified atom stereocenters. The zero-order chi connectivity index (χ0) is 41.6. The summed E-state index contributed by atoms with van der Waals surface area (Å²) in [6.45, 7) is -0.809. The van der Waals surface area contributed by atoms with Crippen molar-refractivity contribution >= 4 is 45.8 Å². The van der Waals surface area contributed by atoms with Gasteiger partial charge in [-0.2, -0.15) is 0 Å². The number of carbonyl (C=O) groups is 2. The minimum atomic E-state index is -1.17. The first-order valence-electron chi connectivity index (χ1n) is 17.8. The number of rotatable bonds is 13. The highest BCUT2D eigenvalue weighted by Crippen LogP contribution is 2.34. The van der Waals surface area contributed by atoms with E-state index in [1.165, 1.54) is 25.3 Å². The molecule has 2 amide bonds. The first-order chi connectivity index (χ1) is 27.3. The zero-order valence-corrected chi connectivity index (χ0v) is 31.8. The summed E-state index contributed by atoms with van der Waals surface area (Å²) in [7, 11) is 7.32. The lowest BCUT2D eigenvalue weighted by Crippen LogP contribution is -2.53. The number of aliphatic hydroxyl groups is 4. The number of aliphatic hydroxyl groups excluding tert-OH is 4. The lowest BCUT2D eigenvalue weighted by Gasteiger charge is -2.22. The van der Waals surface area contributed by atoms with Crippen LogP contribution in [0.2, 0.25) is 0 Å². The summed E-state index contributed by atoms with van der Waals surface area (Å²) in [5.41, 5.74) is 13.5. The molecule has 22 nitrogen and oxygen atoms in total. The summed E-state index contributed by atoms with van der Waals surface area (Å²) >= 11 is 0. The quantitative estimate of drug-likeness (QED) is 0.0605. The van der Waals surface area contributed by atoms with E-state index in [0.717, 1.165) is 0 Å². The van der Waals surface area contributed by atoms with Crippen LogP contribution in [0.25, 0.3) is 22.3 Å². The molecule has 22 heteroatoms. The highest BCUT2D eigenvalue weighted by molar-refractivity contribution is 5.84. The van der Waals surface area contributed by atoms with Crippen molar-refractivity contribution in [1.29, 1.82) is 0 Å². The summed E-state index contributed by atoms with van der Waals surface area (Å²) in [5, 5.41) is 46.2. The molecule has 6 heterocycles. The number of hydrogen-bond donors (Lipinski definition) is 8. The molecule has 4 aromatic heterocycles. The standard InChI is InChI=1S/C18H25N7O4.C17H23N7O4/c1-4-5-6-10(19)17(28)23-12-11(7-26)29-18(14(12)27)25-9-22-13-15(24(2)3)20-8-21-16(13)25;1-4-5-9(18)16(27)22-11-10(6-25)28-17(13(11)26)24-8-21-12-14(23(2)3)19-7-20-15(12)24/h1,8-12,14,18,26-27H,5-7,19H2,2-3H3,(H,23,28);1,7-11,13,17,25-26H,5-6,18H2,2-3H3,(H,22,27). The second-order valence-corrected chi connectivity index (χ2v) is 13.7. The fourth-order valence-electron chi connectivity index (χ4n) is 6.45. The number of nitrogens with one attached hydrogen (secondary N) is 2. The van der Waals surface area contributed by atoms with Crippen LogP contribution in [0.15, 0.2) is 25.3 Å². The van der Waals surface area contributed by atoms with E-state index in [0.29, 0.717) is 46.8 Å². The molecule has 0 spiro atoms. The molecule has 0 saturated carbocycles. The molecular weight excluding hydrogens is 744 g/mol. The van der Waals surface area contributed by atoms with Crippen molar-refractivity contribution in [3.05, 3.63) is 25.3 Å². The number of hydrogen-bond acceptors (Lipinski definition) is 18. The molecule has 2 aliphatic rings. The maximum atomic E-state index is 12.3. The zero-order valence-electron chi connectivity index (χ0n) is 31.8. The first-order valence-corrected chi connectivity index (χ1v) is 17.8. The van der Waals surface area contributed by atoms with Crippen LogP contribution in [-0.4, -0.2) is 161 Å². The molecule has 0 aliphatic carbocycles. The Balaban J connectivity index is 0.000000218. The van der Waals surface area contributed by atoms with Crippen molar-refractivity contribution in [2.75, 3.05) is 51.2 Å². The Morgan fingerprint density at radius 2 is 1.21 bits per heavy atom. The number of aromatic nitrogens is 8. The number of ether oxygens (including phenoxy) is 2. The highest BCUT2D eigenvalue weighted by Gasteiger charge is 2.47. The Labute approximate surface area is 327 Å². The minimum absolute atomic E-state index is 0.0547. The van der Waals surface area contributed by atoms with Crippen LogP contribution in [0.3, 0.4) is 0 Å². The summed E-state index contributed by atoms with van der Waals surface area (Å²) in [6, 6.07) is -3.47. The maximum absolute atomic E-state index is 12.3. The van der Waals surface area contributed by atoms with Gasteiger partial charge in [-0.05, 0) is 6.42 Å². The SMILES string of the molecule is C#CCC(N)C(=O)NC1C(CO)OC(n2cnc3c(N(C)C)ncnc32)C1O.C#CCCC(N)C(=O)NC1C(CO)OC(n2cnc3c(N(C)C)ncnc32)C1O. The van der Waals surface area contributed by atoms with E-state index >= 15 is 0 Å². The molecule has 6 rings (SSSR count). The predicted molar refractivity (Wildman–Crippen MR) is 205 cm³/mol. The Bertz CT molecular complexity index is 2100. The van der Waals surface area contributed by atoms with Gasteiger partial charge in [-0.15, -0.1) is 24.7 Å². The third-order valence-corrected chi connectivity index (χ3v) is 9.41. The van der Waals surface area contributed by atoms with E-state index in [-0.39, 0.29) is 6.42 Å². The molecule has 10 atom stereocenters. The number of anilines is 2. The molecule has 0 aromatic carbocycles. The molecule has 2 aliphatic heterocycles. The van der Waals surface area contributed by atoms with Crippen LogP contribution in [0.5, 0.6) is 0 Å². The van der Waals surface area contributed by atoms with Crippen molar-refractivity contribution in [3.8, 4) is 24.7 Å². The second-order valence-electron chi connectivity index (χ2n) is 13.7. The summed E-state index contributed by atoms with van der Waals surface area (Å²) in [6.07, 6.45) is 11.0. The summed E-state index contributed by atoms with van der Waals surface area (Å²) in [4.78, 5) is 53.7. The van der Waals surface area contributed by atoms with Gasteiger partial charge in [-0.1, -0.05) is 0 Å². The lowest BCUT2D eigenvalue weighted by molar-refractivity contribution is -0.124. The number of carbonyl (C=O) groups excluding carboxylic acids is 2. The number of fused-ring (bicyclic) bond motifs is 2. The average Bonchev–Trinajstić information content (AvgIpc) is 3.97. The van der Waals surface area contributed by atoms with E-state index < -0.39 is 86.1 Å². The normalized spacial score (nSPS) is 25.2. The van der Waals surface area contributed by atoms with Crippen LogP contribution in [0, 0.1) is 24.7 Å². The van der Waals surface area contributed by atoms with Crippen molar-refractivity contribution < 1.29 is 39.5 Å². The van der Waals surface area contributed by atoms with E-state index in [4.69, 9.17) is 33.8 Å². The second kappa shape index (κ2) is 18.6. The van der Waals surface area contributed by atoms with Gasteiger partial charge < -0.3 is 61.8 Å². The number of imidazole rings is 2. The third kappa shape index (κ3) is 8.88. The molecular formula is C35H48N14O8. The van der Waals surface area contributed by atoms with Gasteiger partial charge >= 0.3 is 0 Å². The first kappa shape index (κ1) is 42.6. The van der Waals surface area contributed by atoms with Gasteiger partial charge in [-0.3, -0.25) is 18.7 Å². The van der Waals surface area contributed by atoms with Gasteiger partial charge in [-0.25, -0.2) is 29.9 Å². The largest absolute Gasteiger partial charge is 0.394 e. The Hall–Kier alpha value is -5.56. The number of amides is 2. The fraction of sp³-hybridized carbons (Fsp3) is 0.543. The Morgan fingerprint density at radius 3 is 1.60 bits per heavy atom. The van der Waals surface area contributed by atoms with Crippen molar-refractivity contribution in [2.24, 2.45) is 11.5 Å². The maximum Gasteiger partial charge on any atom is 0.238 e. The third-order valence-electron chi connectivity index (χ3n) is 9.41. The van der Waals surface area contributed by atoms with Gasteiger partial charge in [0.1, 0.15) is 37.1 Å². The van der Waals surface area contributed by atoms with Crippen LogP contribution in [-0.2, 0) is 19.1 Å². The number of nitrogens with two attached hydrogens (primary N) is 2. The van der Waals surface area contributed by atoms with Crippen LogP contribution in [0.1, 0.15) is 31.7 Å². The number of nitrogens with zero attached hydrogens (tertiary/aromatic N) is 10. The molecule has 306 valence electrons. The van der Waals surface area contributed by atoms with Gasteiger partial charge in [0.25, 0.3) is 0 Å². The number of terminal acetylenes is 2. The lowest BCUT2D eigenvalue weighted by atomic mass is 10.1. The van der Waals surface area contributed by atoms with E-state index in [1.54, 1.807) is 18.9 Å². The van der Waals surface area contributed by atoms with Crippen LogP contribution < -0.4 is 31.9 Å². The van der Waals surface area contributed by atoms with E-state index in [9.17, 15) is 30.0 Å². The van der Waals surface area contributed by atoms with Crippen molar-refractivity contribution in [1.82, 2.24) is 49.7 Å².